The predicted molar refractivity (Wildman–Crippen MR) is 59.2 cm³/mol. The van der Waals surface area contributed by atoms with Crippen LogP contribution in [0.1, 0.15) is 12.0 Å². The fourth-order valence-corrected chi connectivity index (χ4v) is 1.32. The molecule has 0 aromatic heterocycles. The summed E-state index contributed by atoms with van der Waals surface area (Å²) in [5.41, 5.74) is -0.0637. The van der Waals surface area contributed by atoms with Gasteiger partial charge in [0.25, 0.3) is 0 Å². The molecule has 0 aliphatic carbocycles. The summed E-state index contributed by atoms with van der Waals surface area (Å²) in [6, 6.07) is 2.14. The topological polar surface area (TPSA) is 35.5 Å². The number of hydrogen-bond acceptors (Lipinski definition) is 3. The van der Waals surface area contributed by atoms with Crippen LogP contribution >= 0.6 is 0 Å². The minimum Gasteiger partial charge on any atom is -0.406 e. The second-order valence-electron chi connectivity index (χ2n) is 3.58. The van der Waals surface area contributed by atoms with Crippen molar-refractivity contribution in [2.24, 2.45) is 0 Å². The number of halogens is 6. The fraction of sp³-hybridized carbons (Fsp3) is 0.250. The molecule has 0 heterocycles. The second-order valence-corrected chi connectivity index (χ2v) is 3.58. The van der Waals surface area contributed by atoms with Gasteiger partial charge in [-0.05, 0) is 17.7 Å². The molecule has 0 N–H and O–H groups in total. The zero-order chi connectivity index (χ0) is 16.1. The lowest BCUT2D eigenvalue weighted by molar-refractivity contribution is -0.276. The van der Waals surface area contributed by atoms with Gasteiger partial charge in [-0.2, -0.15) is 0 Å². The van der Waals surface area contributed by atoms with Gasteiger partial charge < -0.3 is 9.47 Å². The second kappa shape index (κ2) is 6.51. The van der Waals surface area contributed by atoms with Gasteiger partial charge in [-0.1, -0.05) is 12.2 Å². The largest absolute Gasteiger partial charge is 0.573 e. The van der Waals surface area contributed by atoms with Crippen LogP contribution in [0, 0.1) is 0 Å². The summed E-state index contributed by atoms with van der Waals surface area (Å²) < 4.78 is 79.7. The van der Waals surface area contributed by atoms with E-state index in [1.165, 1.54) is 12.4 Å². The first-order valence-electron chi connectivity index (χ1n) is 5.27. The van der Waals surface area contributed by atoms with Crippen molar-refractivity contribution in [2.75, 3.05) is 0 Å². The van der Waals surface area contributed by atoms with Gasteiger partial charge in [0, 0.05) is 12.5 Å². The van der Waals surface area contributed by atoms with Crippen LogP contribution in [0.5, 0.6) is 11.5 Å². The van der Waals surface area contributed by atoms with E-state index in [1.54, 1.807) is 0 Å². The van der Waals surface area contributed by atoms with Crippen molar-refractivity contribution in [3.8, 4) is 11.5 Å². The lowest BCUT2D eigenvalue weighted by atomic mass is 10.2. The number of alkyl halides is 6. The predicted octanol–water partition coefficient (Wildman–Crippen LogP) is 4.00. The summed E-state index contributed by atoms with van der Waals surface area (Å²) in [5, 5.41) is 0. The van der Waals surface area contributed by atoms with Gasteiger partial charge in [0.2, 0.25) is 6.29 Å². The first kappa shape index (κ1) is 16.9. The molecule has 0 bridgehead atoms. The maximum absolute atomic E-state index is 12.1. The molecule has 0 fully saturated rings. The van der Waals surface area contributed by atoms with Crippen LogP contribution in [0.3, 0.4) is 0 Å². The molecule has 1 aromatic rings. The molecule has 0 unspecified atom stereocenters. The third kappa shape index (κ3) is 7.23. The minimum absolute atomic E-state index is 0.0637. The number of hydrogen-bond donors (Lipinski definition) is 0. The van der Waals surface area contributed by atoms with Crippen LogP contribution in [0.2, 0.25) is 0 Å². The van der Waals surface area contributed by atoms with Crippen molar-refractivity contribution in [3.63, 3.8) is 0 Å². The normalized spacial score (nSPS) is 12.5. The van der Waals surface area contributed by atoms with Crippen molar-refractivity contribution in [1.29, 1.82) is 0 Å². The Bertz CT molecular complexity index is 484. The highest BCUT2D eigenvalue weighted by Gasteiger charge is 2.33. The molecule has 0 saturated heterocycles. The van der Waals surface area contributed by atoms with Gasteiger partial charge in [0.15, 0.2) is 0 Å². The molecule has 3 nitrogen and oxygen atoms in total. The monoisotopic (exact) mass is 313 g/mol. The molecule has 1 radical (unpaired) electrons. The Hall–Kier alpha value is -2.19. The van der Waals surface area contributed by atoms with Gasteiger partial charge in [0.05, 0.1) is 0 Å². The average molecular weight is 313 g/mol. The van der Waals surface area contributed by atoms with Gasteiger partial charge in [-0.15, -0.1) is 26.3 Å². The van der Waals surface area contributed by atoms with Crippen molar-refractivity contribution in [2.45, 2.75) is 19.1 Å². The molecule has 115 valence electrons. The van der Waals surface area contributed by atoms with E-state index >= 15 is 0 Å². The molecule has 0 saturated carbocycles. The van der Waals surface area contributed by atoms with Gasteiger partial charge in [-0.3, -0.25) is 4.79 Å². The van der Waals surface area contributed by atoms with E-state index in [9.17, 15) is 31.1 Å². The van der Waals surface area contributed by atoms with Crippen LogP contribution in [-0.4, -0.2) is 19.0 Å². The van der Waals surface area contributed by atoms with E-state index in [-0.39, 0.29) is 12.0 Å². The Balaban J connectivity index is 3.09. The molecule has 1 aromatic carbocycles. The molecular formula is C12H7F6O3. The summed E-state index contributed by atoms with van der Waals surface area (Å²) >= 11 is 0. The highest BCUT2D eigenvalue weighted by atomic mass is 19.4. The van der Waals surface area contributed by atoms with Crippen LogP contribution in [-0.2, 0) is 4.79 Å². The zero-order valence-corrected chi connectivity index (χ0v) is 10.1. The van der Waals surface area contributed by atoms with Crippen LogP contribution in [0.25, 0.3) is 6.08 Å². The minimum atomic E-state index is -5.06. The molecule has 0 spiro atoms. The molecule has 1 rings (SSSR count). The summed E-state index contributed by atoms with van der Waals surface area (Å²) in [7, 11) is 0. The maximum Gasteiger partial charge on any atom is 0.573 e. The number of benzene rings is 1. The molecular weight excluding hydrogens is 306 g/mol. The number of rotatable bonds is 5. The number of carbonyl (C=O) groups excluding carboxylic acids is 1. The molecule has 9 heteroatoms. The Morgan fingerprint density at radius 1 is 0.952 bits per heavy atom. The smallest absolute Gasteiger partial charge is 0.406 e. The zero-order valence-electron chi connectivity index (χ0n) is 10.1. The lowest BCUT2D eigenvalue weighted by Gasteiger charge is -2.13. The van der Waals surface area contributed by atoms with Gasteiger partial charge in [-0.25, -0.2) is 0 Å². The Labute approximate surface area is 114 Å². The molecule has 0 aliphatic heterocycles. The Morgan fingerprint density at radius 2 is 1.43 bits per heavy atom. The molecule has 0 aliphatic rings. The maximum atomic E-state index is 12.1. The van der Waals surface area contributed by atoms with Crippen molar-refractivity contribution >= 4 is 12.4 Å². The highest BCUT2D eigenvalue weighted by molar-refractivity contribution is 5.60. The molecule has 0 amide bonds. The summed E-state index contributed by atoms with van der Waals surface area (Å²) in [6.45, 7) is 0. The SMILES string of the molecule is O=[C]CC=Cc1cc(OC(F)(F)F)cc(OC(F)(F)F)c1. The van der Waals surface area contributed by atoms with Crippen LogP contribution in [0.15, 0.2) is 24.3 Å². The Morgan fingerprint density at radius 3 is 1.81 bits per heavy atom. The van der Waals surface area contributed by atoms with E-state index in [2.05, 4.69) is 9.47 Å². The fourth-order valence-electron chi connectivity index (χ4n) is 1.32. The molecule has 21 heavy (non-hydrogen) atoms. The first-order valence-corrected chi connectivity index (χ1v) is 5.27. The third-order valence-corrected chi connectivity index (χ3v) is 1.88. The number of ether oxygens (including phenoxy) is 2. The average Bonchev–Trinajstić information content (AvgIpc) is 2.24. The summed E-state index contributed by atoms with van der Waals surface area (Å²) in [4.78, 5) is 9.98. The highest BCUT2D eigenvalue weighted by Crippen LogP contribution is 2.31. The van der Waals surface area contributed by atoms with E-state index in [0.29, 0.717) is 6.07 Å². The summed E-state index contributed by atoms with van der Waals surface area (Å²) in [5.74, 6) is -1.75. The van der Waals surface area contributed by atoms with E-state index in [4.69, 9.17) is 0 Å². The van der Waals surface area contributed by atoms with Crippen LogP contribution < -0.4 is 9.47 Å². The summed E-state index contributed by atoms with van der Waals surface area (Å²) in [6.07, 6.45) is -6.46. The Kier molecular flexibility index (Phi) is 5.23. The molecule has 0 atom stereocenters. The van der Waals surface area contributed by atoms with E-state index < -0.39 is 24.2 Å². The van der Waals surface area contributed by atoms with Crippen LogP contribution in [0.4, 0.5) is 26.3 Å². The first-order chi connectivity index (χ1) is 9.59. The standard InChI is InChI=1S/C12H7F6O3/c13-11(14,15)20-9-5-8(3-1-2-4-19)6-10(7-9)21-12(16,17)18/h1,3,5-7H,2H2. The number of allylic oxidation sites excluding steroid dienone is 1. The van der Waals surface area contributed by atoms with Gasteiger partial charge in [0.1, 0.15) is 11.5 Å². The van der Waals surface area contributed by atoms with Crippen molar-refractivity contribution in [1.82, 2.24) is 0 Å². The van der Waals surface area contributed by atoms with Crippen molar-refractivity contribution in [3.05, 3.63) is 29.8 Å². The quantitative estimate of drug-likeness (QED) is 0.771. The third-order valence-electron chi connectivity index (χ3n) is 1.88. The van der Waals surface area contributed by atoms with Gasteiger partial charge >= 0.3 is 12.7 Å². The van der Waals surface area contributed by atoms with E-state index in [0.717, 1.165) is 18.2 Å². The lowest BCUT2D eigenvalue weighted by Crippen LogP contribution is -2.19. The van der Waals surface area contributed by atoms with Crippen molar-refractivity contribution < 1.29 is 40.6 Å². The van der Waals surface area contributed by atoms with E-state index in [1.807, 2.05) is 0 Å².